The lowest BCUT2D eigenvalue weighted by Crippen LogP contribution is -1.96. The summed E-state index contributed by atoms with van der Waals surface area (Å²) in [5.74, 6) is 3.13. The van der Waals surface area contributed by atoms with Crippen LogP contribution in [0.25, 0.3) is 77.6 Å². The first-order valence-electron chi connectivity index (χ1n) is 12.5. The Bertz CT molecular complexity index is 1740. The van der Waals surface area contributed by atoms with Crippen LogP contribution in [0.1, 0.15) is 0 Å². The van der Waals surface area contributed by atoms with Crippen molar-refractivity contribution >= 4 is 32.3 Å². The molecule has 4 nitrogen and oxygen atoms in total. The zero-order chi connectivity index (χ0) is 25.1. The largest absolute Gasteiger partial charge is 0.464 e. The summed E-state index contributed by atoms with van der Waals surface area (Å²) in [6, 6.07) is 32.6. The third-order valence-electron chi connectivity index (χ3n) is 7.25. The zero-order valence-corrected chi connectivity index (χ0v) is 20.2. The fraction of sp³-hybridized carbons (Fsp3) is 0. The smallest absolute Gasteiger partial charge is 0.135 e. The number of rotatable bonds is 4. The molecule has 8 rings (SSSR count). The molecule has 0 saturated heterocycles. The van der Waals surface area contributed by atoms with Gasteiger partial charge in [0.15, 0.2) is 0 Å². The molecule has 8 aromatic rings. The third kappa shape index (κ3) is 2.91. The van der Waals surface area contributed by atoms with Gasteiger partial charge in [-0.15, -0.1) is 0 Å². The Hall–Kier alpha value is -5.22. The van der Waals surface area contributed by atoms with Crippen molar-refractivity contribution in [3.05, 3.63) is 122 Å². The molecule has 4 heteroatoms. The Labute approximate surface area is 217 Å². The van der Waals surface area contributed by atoms with E-state index in [4.69, 9.17) is 17.7 Å². The Kier molecular flexibility index (Phi) is 4.49. The SMILES string of the molecule is c1coc(-c2c3ccccc3c(-c3ccco3)c3c(-c4ccco4)c4ccccc4c(-c4ccco4)c23)c1. The van der Waals surface area contributed by atoms with Gasteiger partial charge < -0.3 is 17.7 Å². The first-order valence-corrected chi connectivity index (χ1v) is 12.5. The minimum atomic E-state index is 0.783. The number of fused-ring (bicyclic) bond motifs is 3. The van der Waals surface area contributed by atoms with E-state index in [9.17, 15) is 0 Å². The summed E-state index contributed by atoms with van der Waals surface area (Å²) in [6.07, 6.45) is 6.88. The predicted octanol–water partition coefficient (Wildman–Crippen LogP) is 10.2. The molecule has 4 aromatic heterocycles. The van der Waals surface area contributed by atoms with E-state index in [1.807, 2.05) is 48.5 Å². The highest BCUT2D eigenvalue weighted by Crippen LogP contribution is 2.53. The summed E-state index contributed by atoms with van der Waals surface area (Å²) in [5.41, 5.74) is 4.00. The summed E-state index contributed by atoms with van der Waals surface area (Å²) in [5, 5.41) is 6.30. The molecule has 0 N–H and O–H groups in total. The lowest BCUT2D eigenvalue weighted by atomic mass is 9.81. The van der Waals surface area contributed by atoms with Gasteiger partial charge in [-0.2, -0.15) is 0 Å². The monoisotopic (exact) mass is 492 g/mol. The van der Waals surface area contributed by atoms with E-state index in [0.717, 1.165) is 77.6 Å². The predicted molar refractivity (Wildman–Crippen MR) is 150 cm³/mol. The van der Waals surface area contributed by atoms with Crippen LogP contribution in [-0.4, -0.2) is 0 Å². The number of benzene rings is 4. The van der Waals surface area contributed by atoms with E-state index in [2.05, 4.69) is 48.5 Å². The molecule has 0 spiro atoms. The summed E-state index contributed by atoms with van der Waals surface area (Å²) in [4.78, 5) is 0. The topological polar surface area (TPSA) is 52.6 Å². The summed E-state index contributed by atoms with van der Waals surface area (Å²) >= 11 is 0. The second-order valence-electron chi connectivity index (χ2n) is 9.25. The normalized spacial score (nSPS) is 11.7. The highest BCUT2D eigenvalue weighted by atomic mass is 16.3. The van der Waals surface area contributed by atoms with Gasteiger partial charge in [0.2, 0.25) is 0 Å². The van der Waals surface area contributed by atoms with Gasteiger partial charge in [0, 0.05) is 33.0 Å². The van der Waals surface area contributed by atoms with Crippen molar-refractivity contribution in [3.63, 3.8) is 0 Å². The number of hydrogen-bond acceptors (Lipinski definition) is 4. The van der Waals surface area contributed by atoms with E-state index >= 15 is 0 Å². The molecular formula is C34H20O4. The van der Waals surface area contributed by atoms with Crippen molar-refractivity contribution in [1.29, 1.82) is 0 Å². The van der Waals surface area contributed by atoms with Gasteiger partial charge in [-0.1, -0.05) is 48.5 Å². The van der Waals surface area contributed by atoms with Crippen molar-refractivity contribution in [3.8, 4) is 45.3 Å². The summed E-state index contributed by atoms with van der Waals surface area (Å²) in [6.45, 7) is 0. The molecule has 0 aliphatic rings. The van der Waals surface area contributed by atoms with E-state index in [1.54, 1.807) is 25.1 Å². The second-order valence-corrected chi connectivity index (χ2v) is 9.25. The molecule has 38 heavy (non-hydrogen) atoms. The summed E-state index contributed by atoms with van der Waals surface area (Å²) in [7, 11) is 0. The maximum absolute atomic E-state index is 6.10. The molecule has 0 aliphatic carbocycles. The highest BCUT2D eigenvalue weighted by Gasteiger charge is 2.28. The third-order valence-corrected chi connectivity index (χ3v) is 7.25. The van der Waals surface area contributed by atoms with Crippen LogP contribution in [0, 0.1) is 0 Å². The van der Waals surface area contributed by atoms with Crippen LogP contribution in [0.3, 0.4) is 0 Å². The molecule has 0 bridgehead atoms. The van der Waals surface area contributed by atoms with E-state index in [0.29, 0.717) is 0 Å². The quantitative estimate of drug-likeness (QED) is 0.229. The van der Waals surface area contributed by atoms with Gasteiger partial charge in [-0.05, 0) is 70.1 Å². The van der Waals surface area contributed by atoms with E-state index in [-0.39, 0.29) is 0 Å². The van der Waals surface area contributed by atoms with Gasteiger partial charge >= 0.3 is 0 Å². The molecule has 0 radical (unpaired) electrons. The average Bonchev–Trinajstić information content (AvgIpc) is 3.78. The van der Waals surface area contributed by atoms with Crippen molar-refractivity contribution < 1.29 is 17.7 Å². The first-order chi connectivity index (χ1) is 18.9. The zero-order valence-electron chi connectivity index (χ0n) is 20.2. The van der Waals surface area contributed by atoms with Crippen molar-refractivity contribution in [2.45, 2.75) is 0 Å². The molecule has 0 saturated carbocycles. The molecule has 0 amide bonds. The van der Waals surface area contributed by atoms with Crippen molar-refractivity contribution in [1.82, 2.24) is 0 Å². The van der Waals surface area contributed by atoms with Crippen LogP contribution in [0.4, 0.5) is 0 Å². The van der Waals surface area contributed by atoms with Crippen LogP contribution in [0.2, 0.25) is 0 Å². The van der Waals surface area contributed by atoms with Crippen LogP contribution in [-0.2, 0) is 0 Å². The van der Waals surface area contributed by atoms with Crippen LogP contribution < -0.4 is 0 Å². The van der Waals surface area contributed by atoms with Gasteiger partial charge in [0.05, 0.1) is 25.1 Å². The lowest BCUT2D eigenvalue weighted by molar-refractivity contribution is 0.580. The standard InChI is InChI=1S/C34H20O4/c1-2-10-22-21(9-1)29(25-13-5-17-35-25)33-31(27-15-7-19-37-27)23-11-3-4-12-24(23)32(28-16-8-20-38-28)34(33)30(22)26-14-6-18-36-26/h1-20H. The van der Waals surface area contributed by atoms with Crippen LogP contribution in [0.15, 0.2) is 140 Å². The summed E-state index contributed by atoms with van der Waals surface area (Å²) < 4.78 is 24.4. The van der Waals surface area contributed by atoms with Crippen molar-refractivity contribution in [2.75, 3.05) is 0 Å². The Morgan fingerprint density at radius 2 is 0.553 bits per heavy atom. The van der Waals surface area contributed by atoms with E-state index in [1.165, 1.54) is 0 Å². The molecule has 180 valence electrons. The Balaban J connectivity index is 1.78. The van der Waals surface area contributed by atoms with Gasteiger partial charge in [0.25, 0.3) is 0 Å². The minimum Gasteiger partial charge on any atom is -0.464 e. The van der Waals surface area contributed by atoms with Gasteiger partial charge in [0.1, 0.15) is 23.0 Å². The molecule has 0 atom stereocenters. The maximum atomic E-state index is 6.10. The van der Waals surface area contributed by atoms with Crippen molar-refractivity contribution in [2.24, 2.45) is 0 Å². The Morgan fingerprint density at radius 1 is 0.289 bits per heavy atom. The Morgan fingerprint density at radius 3 is 0.763 bits per heavy atom. The molecular weight excluding hydrogens is 472 g/mol. The molecule has 0 unspecified atom stereocenters. The fourth-order valence-corrected chi connectivity index (χ4v) is 5.83. The van der Waals surface area contributed by atoms with Crippen LogP contribution in [0.5, 0.6) is 0 Å². The molecule has 0 fully saturated rings. The number of furan rings is 4. The minimum absolute atomic E-state index is 0.783. The number of hydrogen-bond donors (Lipinski definition) is 0. The highest BCUT2D eigenvalue weighted by molar-refractivity contribution is 6.32. The average molecular weight is 493 g/mol. The van der Waals surface area contributed by atoms with Gasteiger partial charge in [-0.3, -0.25) is 0 Å². The second kappa shape index (κ2) is 8.15. The molecule has 0 aliphatic heterocycles. The fourth-order valence-electron chi connectivity index (χ4n) is 5.83. The lowest BCUT2D eigenvalue weighted by Gasteiger charge is -2.22. The van der Waals surface area contributed by atoms with Gasteiger partial charge in [-0.25, -0.2) is 0 Å². The maximum Gasteiger partial charge on any atom is 0.135 e. The molecule has 4 heterocycles. The first kappa shape index (κ1) is 20.9. The molecule has 4 aromatic carbocycles. The van der Waals surface area contributed by atoms with E-state index < -0.39 is 0 Å². The van der Waals surface area contributed by atoms with Crippen LogP contribution >= 0.6 is 0 Å².